The topological polar surface area (TPSA) is 54.2 Å². The monoisotopic (exact) mass is 224 g/mol. The molecule has 1 heterocycles. The highest BCUT2D eigenvalue weighted by Crippen LogP contribution is 2.31. The molecule has 5 nitrogen and oxygen atoms in total. The molecular weight excluding hydrogens is 204 g/mol. The Kier molecular flexibility index (Phi) is 3.43. The zero-order chi connectivity index (χ0) is 11.5. The quantitative estimate of drug-likeness (QED) is 0.797. The molecule has 0 aliphatic heterocycles. The molecule has 1 N–H and O–H groups in total. The van der Waals surface area contributed by atoms with Crippen molar-refractivity contribution < 1.29 is 4.42 Å². The highest BCUT2D eigenvalue weighted by Gasteiger charge is 2.32. The Labute approximate surface area is 96.2 Å². The van der Waals surface area contributed by atoms with Gasteiger partial charge in [-0.1, -0.05) is 12.0 Å². The maximum atomic E-state index is 5.69. The van der Waals surface area contributed by atoms with Gasteiger partial charge in [0, 0.05) is 12.6 Å². The maximum Gasteiger partial charge on any atom is 0.318 e. The second-order valence-corrected chi connectivity index (χ2v) is 4.36. The van der Waals surface area contributed by atoms with Crippen molar-refractivity contribution in [2.24, 2.45) is 0 Å². The molecular formula is C11H20N4O. The van der Waals surface area contributed by atoms with E-state index in [-0.39, 0.29) is 6.04 Å². The van der Waals surface area contributed by atoms with E-state index in [1.165, 1.54) is 12.8 Å². The van der Waals surface area contributed by atoms with Gasteiger partial charge in [-0.2, -0.15) is 0 Å². The van der Waals surface area contributed by atoms with Gasteiger partial charge in [-0.25, -0.2) is 0 Å². The lowest BCUT2D eigenvalue weighted by Crippen LogP contribution is -2.26. The third kappa shape index (κ3) is 2.35. The van der Waals surface area contributed by atoms with Crippen molar-refractivity contribution in [3.05, 3.63) is 5.89 Å². The Morgan fingerprint density at radius 2 is 2.25 bits per heavy atom. The van der Waals surface area contributed by atoms with Crippen molar-refractivity contribution in [1.29, 1.82) is 0 Å². The highest BCUT2D eigenvalue weighted by atomic mass is 16.4. The van der Waals surface area contributed by atoms with E-state index >= 15 is 0 Å². The van der Waals surface area contributed by atoms with E-state index in [1.807, 2.05) is 14.0 Å². The average molecular weight is 224 g/mol. The summed E-state index contributed by atoms with van der Waals surface area (Å²) >= 11 is 0. The van der Waals surface area contributed by atoms with Gasteiger partial charge in [0.2, 0.25) is 5.89 Å². The fraction of sp³-hybridized carbons (Fsp3) is 0.818. The predicted molar refractivity (Wildman–Crippen MR) is 62.4 cm³/mol. The van der Waals surface area contributed by atoms with Crippen LogP contribution in [0.1, 0.15) is 45.0 Å². The van der Waals surface area contributed by atoms with Gasteiger partial charge >= 0.3 is 6.01 Å². The lowest BCUT2D eigenvalue weighted by molar-refractivity contribution is 0.428. The molecule has 1 saturated carbocycles. The molecule has 1 aliphatic rings. The minimum atomic E-state index is 0.115. The Bertz CT molecular complexity index is 334. The lowest BCUT2D eigenvalue weighted by Gasteiger charge is -2.18. The average Bonchev–Trinajstić information content (AvgIpc) is 3.02. The van der Waals surface area contributed by atoms with E-state index in [1.54, 1.807) is 0 Å². The van der Waals surface area contributed by atoms with Crippen molar-refractivity contribution in [3.8, 4) is 0 Å². The fourth-order valence-electron chi connectivity index (χ4n) is 1.70. The van der Waals surface area contributed by atoms with Gasteiger partial charge in [-0.3, -0.25) is 0 Å². The number of anilines is 1. The molecule has 16 heavy (non-hydrogen) atoms. The number of hydrogen-bond donors (Lipinski definition) is 1. The first-order valence-corrected chi connectivity index (χ1v) is 6.03. The minimum absolute atomic E-state index is 0.115. The molecule has 1 aromatic heterocycles. The van der Waals surface area contributed by atoms with Gasteiger partial charge in [0.15, 0.2) is 0 Å². The van der Waals surface area contributed by atoms with E-state index in [2.05, 4.69) is 27.3 Å². The van der Waals surface area contributed by atoms with Gasteiger partial charge < -0.3 is 14.6 Å². The minimum Gasteiger partial charge on any atom is -0.406 e. The number of nitrogens with one attached hydrogen (secondary N) is 1. The zero-order valence-electron chi connectivity index (χ0n) is 10.2. The van der Waals surface area contributed by atoms with Crippen LogP contribution in [0.4, 0.5) is 6.01 Å². The van der Waals surface area contributed by atoms with Crippen molar-refractivity contribution in [1.82, 2.24) is 15.5 Å². The Hall–Kier alpha value is -1.10. The molecule has 1 unspecified atom stereocenters. The van der Waals surface area contributed by atoms with Crippen molar-refractivity contribution in [2.75, 3.05) is 18.5 Å². The van der Waals surface area contributed by atoms with Crippen molar-refractivity contribution >= 4 is 6.01 Å². The summed E-state index contributed by atoms with van der Waals surface area (Å²) in [5, 5.41) is 11.3. The number of nitrogens with zero attached hydrogens (tertiary/aromatic N) is 3. The van der Waals surface area contributed by atoms with Gasteiger partial charge in [0.25, 0.3) is 0 Å². The molecule has 0 radical (unpaired) electrons. The summed E-state index contributed by atoms with van der Waals surface area (Å²) in [7, 11) is 1.89. The summed E-state index contributed by atoms with van der Waals surface area (Å²) in [5.41, 5.74) is 0. The molecule has 1 aliphatic carbocycles. The van der Waals surface area contributed by atoms with Crippen LogP contribution >= 0.6 is 0 Å². The van der Waals surface area contributed by atoms with E-state index < -0.39 is 0 Å². The third-order valence-corrected chi connectivity index (χ3v) is 2.93. The SMILES string of the molecule is CCCN(c1nnc(C(C)NC)o1)C1CC1. The van der Waals surface area contributed by atoms with E-state index in [0.29, 0.717) is 17.9 Å². The van der Waals surface area contributed by atoms with Crippen LogP contribution in [-0.2, 0) is 0 Å². The largest absolute Gasteiger partial charge is 0.406 e. The standard InChI is InChI=1S/C11H20N4O/c1-4-7-15(9-5-6-9)11-14-13-10(16-11)8(2)12-3/h8-9,12H,4-7H2,1-3H3. The fourth-order valence-corrected chi connectivity index (χ4v) is 1.70. The normalized spacial score (nSPS) is 17.4. The molecule has 1 aromatic rings. The molecule has 0 amide bonds. The highest BCUT2D eigenvalue weighted by molar-refractivity contribution is 5.29. The molecule has 2 rings (SSSR count). The predicted octanol–water partition coefficient (Wildman–Crippen LogP) is 1.73. The molecule has 0 spiro atoms. The van der Waals surface area contributed by atoms with Crippen LogP contribution in [0.5, 0.6) is 0 Å². The van der Waals surface area contributed by atoms with Crippen LogP contribution < -0.4 is 10.2 Å². The summed E-state index contributed by atoms with van der Waals surface area (Å²) in [6, 6.07) is 1.42. The lowest BCUT2D eigenvalue weighted by atomic mass is 10.3. The maximum absolute atomic E-state index is 5.69. The second-order valence-electron chi connectivity index (χ2n) is 4.36. The summed E-state index contributed by atoms with van der Waals surface area (Å²) in [5.74, 6) is 0.666. The van der Waals surface area contributed by atoms with Gasteiger partial charge in [-0.15, -0.1) is 5.10 Å². The molecule has 5 heteroatoms. The first-order valence-electron chi connectivity index (χ1n) is 6.03. The van der Waals surface area contributed by atoms with Crippen LogP contribution in [-0.4, -0.2) is 29.8 Å². The van der Waals surface area contributed by atoms with Gasteiger partial charge in [-0.05, 0) is 33.2 Å². The van der Waals surface area contributed by atoms with Crippen LogP contribution in [0, 0.1) is 0 Å². The molecule has 0 aromatic carbocycles. The molecule has 1 atom stereocenters. The molecule has 90 valence electrons. The number of hydrogen-bond acceptors (Lipinski definition) is 5. The van der Waals surface area contributed by atoms with Crippen molar-refractivity contribution in [3.63, 3.8) is 0 Å². The first-order chi connectivity index (χ1) is 7.76. The summed E-state index contributed by atoms with van der Waals surface area (Å²) in [6.45, 7) is 5.18. The molecule has 0 saturated heterocycles. The Morgan fingerprint density at radius 1 is 1.50 bits per heavy atom. The van der Waals surface area contributed by atoms with E-state index in [0.717, 1.165) is 13.0 Å². The zero-order valence-corrected chi connectivity index (χ0v) is 10.2. The Morgan fingerprint density at radius 3 is 2.81 bits per heavy atom. The molecule has 1 fully saturated rings. The van der Waals surface area contributed by atoms with Crippen LogP contribution in [0.25, 0.3) is 0 Å². The van der Waals surface area contributed by atoms with Crippen LogP contribution in [0.15, 0.2) is 4.42 Å². The first kappa shape index (κ1) is 11.4. The number of rotatable bonds is 6. The Balaban J connectivity index is 2.09. The second kappa shape index (κ2) is 4.82. The van der Waals surface area contributed by atoms with Gasteiger partial charge in [0.05, 0.1) is 6.04 Å². The summed E-state index contributed by atoms with van der Waals surface area (Å²) < 4.78 is 5.69. The third-order valence-electron chi connectivity index (χ3n) is 2.93. The number of aromatic nitrogens is 2. The smallest absolute Gasteiger partial charge is 0.318 e. The summed E-state index contributed by atoms with van der Waals surface area (Å²) in [6.07, 6.45) is 3.61. The van der Waals surface area contributed by atoms with E-state index in [9.17, 15) is 0 Å². The summed E-state index contributed by atoms with van der Waals surface area (Å²) in [4.78, 5) is 2.24. The van der Waals surface area contributed by atoms with Gasteiger partial charge in [0.1, 0.15) is 0 Å². The van der Waals surface area contributed by atoms with Crippen LogP contribution in [0.3, 0.4) is 0 Å². The molecule has 0 bridgehead atoms. The van der Waals surface area contributed by atoms with Crippen molar-refractivity contribution in [2.45, 2.75) is 45.2 Å². The van der Waals surface area contributed by atoms with E-state index in [4.69, 9.17) is 4.42 Å². The van der Waals surface area contributed by atoms with Crippen LogP contribution in [0.2, 0.25) is 0 Å².